The number of hydrogen-bond donors (Lipinski definition) is 2. The molecule has 0 saturated carbocycles. The predicted molar refractivity (Wildman–Crippen MR) is 64.1 cm³/mol. The minimum absolute atomic E-state index is 0.109. The lowest BCUT2D eigenvalue weighted by Crippen LogP contribution is -2.46. The first-order valence-corrected chi connectivity index (χ1v) is 6.11. The number of nitrogens with zero attached hydrogens (tertiary/aromatic N) is 2. The number of likely N-dealkylation sites (tertiary alicyclic amines) is 1. The molecule has 2 heterocycles. The maximum absolute atomic E-state index is 12.0. The Morgan fingerprint density at radius 1 is 1.50 bits per heavy atom. The van der Waals surface area contributed by atoms with Crippen molar-refractivity contribution < 1.29 is 14.7 Å². The van der Waals surface area contributed by atoms with Crippen LogP contribution < -0.4 is 0 Å². The number of carboxylic acid groups (broad SMARTS) is 1. The Kier molecular flexibility index (Phi) is 3.36. The normalized spacial score (nSPS) is 18.6. The van der Waals surface area contributed by atoms with Gasteiger partial charge < -0.3 is 10.0 Å². The fraction of sp³-hybridized carbons (Fsp3) is 0.583. The third-order valence-electron chi connectivity index (χ3n) is 3.87. The molecule has 2 rings (SSSR count). The molecule has 1 saturated heterocycles. The van der Waals surface area contributed by atoms with Crippen LogP contribution in [0.4, 0.5) is 0 Å². The number of H-pyrrole nitrogens is 1. The van der Waals surface area contributed by atoms with Gasteiger partial charge in [-0.05, 0) is 25.3 Å². The maximum atomic E-state index is 12.0. The Hall–Kier alpha value is -1.85. The molecular weight excluding hydrogens is 234 g/mol. The quantitative estimate of drug-likeness (QED) is 0.843. The van der Waals surface area contributed by atoms with Gasteiger partial charge in [-0.2, -0.15) is 5.10 Å². The highest BCUT2D eigenvalue weighted by Gasteiger charge is 2.40. The molecule has 0 aliphatic carbocycles. The first-order chi connectivity index (χ1) is 8.59. The lowest BCUT2D eigenvalue weighted by molar-refractivity contribution is -0.152. The van der Waals surface area contributed by atoms with Crippen LogP contribution in [0.1, 0.15) is 36.7 Å². The predicted octanol–water partition coefficient (Wildman–Crippen LogP) is 1.13. The molecule has 1 aliphatic heterocycles. The van der Waals surface area contributed by atoms with E-state index < -0.39 is 11.4 Å². The average molecular weight is 251 g/mol. The molecule has 0 aromatic carbocycles. The molecule has 0 atom stereocenters. The average Bonchev–Trinajstić information content (AvgIpc) is 2.91. The van der Waals surface area contributed by atoms with Crippen LogP contribution in [0.5, 0.6) is 0 Å². The Labute approximate surface area is 105 Å². The van der Waals surface area contributed by atoms with Gasteiger partial charge in [0, 0.05) is 19.3 Å². The first kappa shape index (κ1) is 12.6. The van der Waals surface area contributed by atoms with Crippen LogP contribution in [0.15, 0.2) is 12.3 Å². The van der Waals surface area contributed by atoms with Crippen LogP contribution in [0.25, 0.3) is 0 Å². The monoisotopic (exact) mass is 251 g/mol. The van der Waals surface area contributed by atoms with Gasteiger partial charge in [-0.3, -0.25) is 14.7 Å². The number of nitrogens with one attached hydrogen (secondary N) is 1. The maximum Gasteiger partial charge on any atom is 0.309 e. The molecular formula is C12H17N3O3. The van der Waals surface area contributed by atoms with Crippen LogP contribution in [0.3, 0.4) is 0 Å². The van der Waals surface area contributed by atoms with Gasteiger partial charge in [0.25, 0.3) is 5.91 Å². The summed E-state index contributed by atoms with van der Waals surface area (Å²) in [6.45, 7) is 2.86. The lowest BCUT2D eigenvalue weighted by Gasteiger charge is -2.38. The number of piperidine rings is 1. The molecule has 0 spiro atoms. The molecule has 6 heteroatoms. The number of rotatable bonds is 3. The summed E-state index contributed by atoms with van der Waals surface area (Å²) in [5, 5.41) is 15.7. The van der Waals surface area contributed by atoms with Crippen LogP contribution >= 0.6 is 0 Å². The molecule has 6 nitrogen and oxygen atoms in total. The number of carboxylic acids is 1. The third kappa shape index (κ3) is 2.10. The summed E-state index contributed by atoms with van der Waals surface area (Å²) < 4.78 is 0. The van der Waals surface area contributed by atoms with Crippen molar-refractivity contribution in [3.8, 4) is 0 Å². The first-order valence-electron chi connectivity index (χ1n) is 6.11. The second-order valence-electron chi connectivity index (χ2n) is 4.70. The van der Waals surface area contributed by atoms with Crippen LogP contribution in [-0.2, 0) is 4.79 Å². The van der Waals surface area contributed by atoms with Gasteiger partial charge in [0.2, 0.25) is 0 Å². The van der Waals surface area contributed by atoms with Gasteiger partial charge in [0.15, 0.2) is 0 Å². The van der Waals surface area contributed by atoms with Crippen molar-refractivity contribution in [2.75, 3.05) is 13.1 Å². The topological polar surface area (TPSA) is 86.3 Å². The minimum atomic E-state index is -0.751. The molecule has 1 fully saturated rings. The second kappa shape index (κ2) is 4.80. The summed E-state index contributed by atoms with van der Waals surface area (Å²) in [7, 11) is 0. The zero-order valence-corrected chi connectivity index (χ0v) is 10.3. The molecule has 1 amide bonds. The fourth-order valence-electron chi connectivity index (χ4n) is 2.40. The molecule has 0 radical (unpaired) electrons. The zero-order valence-electron chi connectivity index (χ0n) is 10.3. The van der Waals surface area contributed by atoms with E-state index in [0.717, 1.165) is 0 Å². The summed E-state index contributed by atoms with van der Waals surface area (Å²) in [6, 6.07) is 1.63. The van der Waals surface area contributed by atoms with E-state index in [9.17, 15) is 14.7 Å². The summed E-state index contributed by atoms with van der Waals surface area (Å²) in [4.78, 5) is 25.0. The highest BCUT2D eigenvalue weighted by atomic mass is 16.4. The van der Waals surface area contributed by atoms with Crippen molar-refractivity contribution in [3.63, 3.8) is 0 Å². The summed E-state index contributed by atoms with van der Waals surface area (Å²) in [6.07, 6.45) is 3.16. The molecule has 18 heavy (non-hydrogen) atoms. The second-order valence-corrected chi connectivity index (χ2v) is 4.70. The van der Waals surface area contributed by atoms with E-state index in [0.29, 0.717) is 38.0 Å². The highest BCUT2D eigenvalue weighted by molar-refractivity contribution is 5.92. The lowest BCUT2D eigenvalue weighted by atomic mass is 9.76. The molecule has 1 aliphatic rings. The Bertz CT molecular complexity index is 433. The SMILES string of the molecule is CCC1(C(=O)O)CCN(C(=O)c2ccn[nH]2)CC1. The molecule has 98 valence electrons. The number of aliphatic carboxylic acids is 1. The third-order valence-corrected chi connectivity index (χ3v) is 3.87. The molecule has 1 aromatic rings. The van der Waals surface area contributed by atoms with Crippen LogP contribution in [0.2, 0.25) is 0 Å². The molecule has 0 unspecified atom stereocenters. The summed E-state index contributed by atoms with van der Waals surface area (Å²) >= 11 is 0. The van der Waals surface area contributed by atoms with Crippen LogP contribution in [-0.4, -0.2) is 45.2 Å². The summed E-state index contributed by atoms with van der Waals surface area (Å²) in [5.41, 5.74) is -0.209. The smallest absolute Gasteiger partial charge is 0.309 e. The Morgan fingerprint density at radius 2 is 2.17 bits per heavy atom. The van der Waals surface area contributed by atoms with E-state index >= 15 is 0 Å². The van der Waals surface area contributed by atoms with Crippen molar-refractivity contribution in [1.82, 2.24) is 15.1 Å². The largest absolute Gasteiger partial charge is 0.481 e. The van der Waals surface area contributed by atoms with E-state index in [1.165, 1.54) is 6.20 Å². The Morgan fingerprint density at radius 3 is 2.61 bits per heavy atom. The zero-order chi connectivity index (χ0) is 13.2. The van der Waals surface area contributed by atoms with E-state index in [4.69, 9.17) is 0 Å². The van der Waals surface area contributed by atoms with Crippen molar-refractivity contribution in [2.45, 2.75) is 26.2 Å². The van der Waals surface area contributed by atoms with Crippen molar-refractivity contribution in [1.29, 1.82) is 0 Å². The van der Waals surface area contributed by atoms with E-state index in [1.54, 1.807) is 11.0 Å². The van der Waals surface area contributed by atoms with Gasteiger partial charge in [-0.25, -0.2) is 0 Å². The number of carbonyl (C=O) groups is 2. The fourth-order valence-corrected chi connectivity index (χ4v) is 2.40. The number of amides is 1. The van der Waals surface area contributed by atoms with Crippen molar-refractivity contribution >= 4 is 11.9 Å². The van der Waals surface area contributed by atoms with Gasteiger partial charge >= 0.3 is 5.97 Å². The number of aromatic amines is 1. The Balaban J connectivity index is 2.02. The highest BCUT2D eigenvalue weighted by Crippen LogP contribution is 2.35. The van der Waals surface area contributed by atoms with Gasteiger partial charge in [-0.15, -0.1) is 0 Å². The standard InChI is InChI=1S/C12H17N3O3/c1-2-12(11(17)18)4-7-15(8-5-12)10(16)9-3-6-13-14-9/h3,6H,2,4-5,7-8H2,1H3,(H,13,14)(H,17,18). The van der Waals surface area contributed by atoms with E-state index in [-0.39, 0.29) is 5.91 Å². The molecule has 1 aromatic heterocycles. The van der Waals surface area contributed by atoms with Gasteiger partial charge in [-0.1, -0.05) is 6.92 Å². The van der Waals surface area contributed by atoms with E-state index in [1.807, 2.05) is 6.92 Å². The van der Waals surface area contributed by atoms with Gasteiger partial charge in [0.05, 0.1) is 5.41 Å². The van der Waals surface area contributed by atoms with E-state index in [2.05, 4.69) is 10.2 Å². The number of aromatic nitrogens is 2. The molecule has 2 N–H and O–H groups in total. The van der Waals surface area contributed by atoms with Crippen molar-refractivity contribution in [2.24, 2.45) is 5.41 Å². The van der Waals surface area contributed by atoms with Crippen molar-refractivity contribution in [3.05, 3.63) is 18.0 Å². The summed E-state index contributed by atoms with van der Waals surface area (Å²) in [5.74, 6) is -0.860. The van der Waals surface area contributed by atoms with Crippen LogP contribution in [0, 0.1) is 5.41 Å². The van der Waals surface area contributed by atoms with Gasteiger partial charge in [0.1, 0.15) is 5.69 Å². The minimum Gasteiger partial charge on any atom is -0.481 e. The molecule has 0 bridgehead atoms. The number of carbonyl (C=O) groups excluding carboxylic acids is 1. The number of hydrogen-bond acceptors (Lipinski definition) is 3.